The number of hydrogen-bond acceptors (Lipinski definition) is 13. The summed E-state index contributed by atoms with van der Waals surface area (Å²) in [4.78, 5) is 48.7. The Labute approximate surface area is 210 Å². The number of aryl methyl sites for hydroxylation is 1. The number of benzene rings is 1. The third-order valence-electron chi connectivity index (χ3n) is 5.58. The molecule has 1 atom stereocenters. The number of fused-ring (bicyclic) bond motifs is 1. The molecule has 0 fully saturated rings. The summed E-state index contributed by atoms with van der Waals surface area (Å²) in [5.41, 5.74) is 6.19. The van der Waals surface area contributed by atoms with Crippen LogP contribution >= 0.6 is 12.0 Å². The number of carbonyl (C=O) groups excluding carboxylic acids is 3. The number of hydrogen-bond donors (Lipinski definition) is 2. The minimum atomic E-state index is -1.38. The van der Waals surface area contributed by atoms with Gasteiger partial charge in [-0.15, -0.1) is 0 Å². The van der Waals surface area contributed by atoms with Crippen LogP contribution in [0.2, 0.25) is 0 Å². The second-order valence-corrected chi connectivity index (χ2v) is 8.63. The van der Waals surface area contributed by atoms with Crippen LogP contribution in [-0.4, -0.2) is 48.4 Å². The number of carboxylic acid groups (broad SMARTS) is 2. The highest BCUT2D eigenvalue weighted by Gasteiger charge is 2.19. The zero-order valence-corrected chi connectivity index (χ0v) is 20.5. The van der Waals surface area contributed by atoms with Gasteiger partial charge in [-0.2, -0.15) is 4.33 Å². The van der Waals surface area contributed by atoms with Crippen LogP contribution in [0.3, 0.4) is 0 Å². The SMILES string of the molecule is CCN(CC(=O)[O-])C(CCCCNC(=O)Cc1c(C)c2cc(SOO[O-])c(N)cc2oc1=O)C(=O)[O-]. The fraction of sp³-hybridized carbons (Fsp3) is 0.455. The van der Waals surface area contributed by atoms with Gasteiger partial charge in [-0.25, -0.2) is 4.79 Å². The third kappa shape index (κ3) is 7.93. The molecule has 1 unspecified atom stereocenters. The average Bonchev–Trinajstić information content (AvgIpc) is 2.81. The number of carbonyl (C=O) groups is 3. The van der Waals surface area contributed by atoms with E-state index in [2.05, 4.69) is 14.7 Å². The molecule has 0 bridgehead atoms. The lowest BCUT2D eigenvalue weighted by Gasteiger charge is -2.31. The number of amides is 1. The van der Waals surface area contributed by atoms with Crippen LogP contribution in [-0.2, 0) is 30.2 Å². The molecule has 2 aromatic rings. The molecule has 13 nitrogen and oxygen atoms in total. The summed E-state index contributed by atoms with van der Waals surface area (Å²) in [5.74, 6) is -3.20. The zero-order valence-electron chi connectivity index (χ0n) is 19.7. The topological polar surface area (TPSA) is 210 Å². The second kappa shape index (κ2) is 13.8. The van der Waals surface area contributed by atoms with Crippen LogP contribution in [0.1, 0.15) is 37.3 Å². The Morgan fingerprint density at radius 2 is 1.97 bits per heavy atom. The van der Waals surface area contributed by atoms with E-state index in [1.54, 1.807) is 19.9 Å². The van der Waals surface area contributed by atoms with Gasteiger partial charge in [0.15, 0.2) is 0 Å². The molecule has 0 radical (unpaired) electrons. The number of aliphatic carboxylic acids is 2. The maximum Gasteiger partial charge on any atom is 0.340 e. The van der Waals surface area contributed by atoms with Gasteiger partial charge in [0.1, 0.15) is 5.58 Å². The second-order valence-electron chi connectivity index (χ2n) is 7.89. The van der Waals surface area contributed by atoms with Crippen LogP contribution < -0.4 is 32.1 Å². The minimum Gasteiger partial charge on any atom is -0.691 e. The summed E-state index contributed by atoms with van der Waals surface area (Å²) >= 11 is 0.585. The molecule has 0 aliphatic carbocycles. The molecule has 1 heterocycles. The number of nitrogen functional groups attached to an aromatic ring is 1. The van der Waals surface area contributed by atoms with Crippen LogP contribution in [0.25, 0.3) is 11.0 Å². The van der Waals surface area contributed by atoms with E-state index in [0.717, 1.165) is 0 Å². The summed E-state index contributed by atoms with van der Waals surface area (Å²) in [5, 5.41) is 38.8. The van der Waals surface area contributed by atoms with Crippen molar-refractivity contribution in [3.05, 3.63) is 33.7 Å². The molecule has 0 saturated heterocycles. The van der Waals surface area contributed by atoms with Crippen molar-refractivity contribution in [2.24, 2.45) is 0 Å². The lowest BCUT2D eigenvalue weighted by Crippen LogP contribution is -2.51. The van der Waals surface area contributed by atoms with Gasteiger partial charge >= 0.3 is 5.63 Å². The van der Waals surface area contributed by atoms with E-state index >= 15 is 0 Å². The molecule has 0 aliphatic rings. The zero-order chi connectivity index (χ0) is 26.8. The van der Waals surface area contributed by atoms with Crippen molar-refractivity contribution >= 4 is 46.5 Å². The molecule has 0 aliphatic heterocycles. The monoisotopic (exact) mass is 524 g/mol. The molecule has 1 amide bonds. The Balaban J connectivity index is 1.98. The molecule has 1 aromatic heterocycles. The fourth-order valence-corrected chi connectivity index (χ4v) is 4.15. The van der Waals surface area contributed by atoms with E-state index in [9.17, 15) is 34.6 Å². The van der Waals surface area contributed by atoms with Crippen molar-refractivity contribution in [2.45, 2.75) is 50.5 Å². The first-order valence-corrected chi connectivity index (χ1v) is 11.7. The molecule has 3 N–H and O–H groups in total. The molecule has 198 valence electrons. The van der Waals surface area contributed by atoms with E-state index in [0.29, 0.717) is 40.7 Å². The van der Waals surface area contributed by atoms with Crippen LogP contribution in [0.15, 0.2) is 26.2 Å². The van der Waals surface area contributed by atoms with Gasteiger partial charge in [0.25, 0.3) is 0 Å². The maximum atomic E-state index is 12.5. The third-order valence-corrected chi connectivity index (χ3v) is 6.24. The molecule has 14 heteroatoms. The largest absolute Gasteiger partial charge is 0.691 e. The quantitative estimate of drug-likeness (QED) is 0.0641. The van der Waals surface area contributed by atoms with Crippen LogP contribution in [0.4, 0.5) is 5.69 Å². The van der Waals surface area contributed by atoms with Gasteiger partial charge in [0.2, 0.25) is 5.91 Å². The molecule has 2 rings (SSSR count). The van der Waals surface area contributed by atoms with Gasteiger partial charge in [0.05, 0.1) is 46.5 Å². The van der Waals surface area contributed by atoms with E-state index < -0.39 is 36.1 Å². The van der Waals surface area contributed by atoms with Crippen LogP contribution in [0, 0.1) is 6.92 Å². The lowest BCUT2D eigenvalue weighted by atomic mass is 10.0. The summed E-state index contributed by atoms with van der Waals surface area (Å²) in [6.07, 6.45) is 0.688. The number of likely N-dealkylation sites (N-methyl/N-ethyl adjacent to an activating group) is 1. The molecule has 1 aromatic carbocycles. The summed E-state index contributed by atoms with van der Waals surface area (Å²) in [7, 11) is 0. The summed E-state index contributed by atoms with van der Waals surface area (Å²) < 4.78 is 9.59. The summed E-state index contributed by atoms with van der Waals surface area (Å²) in [6, 6.07) is 1.86. The van der Waals surface area contributed by atoms with Crippen molar-refractivity contribution in [3.63, 3.8) is 0 Å². The molecular weight excluding hydrogens is 498 g/mol. The average molecular weight is 525 g/mol. The normalized spacial score (nSPS) is 12.1. The fourth-order valence-electron chi connectivity index (χ4n) is 3.73. The van der Waals surface area contributed by atoms with E-state index in [4.69, 9.17) is 10.2 Å². The predicted octanol–water partition coefficient (Wildman–Crippen LogP) is -2.07. The van der Waals surface area contributed by atoms with Crippen molar-refractivity contribution in [2.75, 3.05) is 25.4 Å². The lowest BCUT2D eigenvalue weighted by molar-refractivity contribution is -0.777. The Morgan fingerprint density at radius 3 is 2.58 bits per heavy atom. The highest BCUT2D eigenvalue weighted by molar-refractivity contribution is 7.94. The number of anilines is 1. The number of nitrogens with two attached hydrogens (primary N) is 1. The van der Waals surface area contributed by atoms with Crippen molar-refractivity contribution in [3.8, 4) is 0 Å². The van der Waals surface area contributed by atoms with Crippen molar-refractivity contribution in [1.29, 1.82) is 0 Å². The van der Waals surface area contributed by atoms with Gasteiger partial charge in [-0.1, -0.05) is 6.92 Å². The Morgan fingerprint density at radius 1 is 1.25 bits per heavy atom. The number of nitrogens with one attached hydrogen (secondary N) is 1. The van der Waals surface area contributed by atoms with Crippen molar-refractivity contribution < 1.29 is 43.6 Å². The van der Waals surface area contributed by atoms with Crippen molar-refractivity contribution in [1.82, 2.24) is 10.2 Å². The molecule has 0 saturated carbocycles. The highest BCUT2D eigenvalue weighted by atomic mass is 32.2. The van der Waals surface area contributed by atoms with Gasteiger partial charge in [-0.05, 0) is 44.4 Å². The smallest absolute Gasteiger partial charge is 0.340 e. The first-order valence-electron chi connectivity index (χ1n) is 11.0. The number of rotatable bonds is 15. The van der Waals surface area contributed by atoms with Gasteiger partial charge in [0, 0.05) is 30.6 Å². The Hall–Kier alpha value is -3.17. The van der Waals surface area contributed by atoms with E-state index in [1.807, 2.05) is 0 Å². The Bertz CT molecular complexity index is 1150. The van der Waals surface area contributed by atoms with Gasteiger partial charge in [-0.3, -0.25) is 14.7 Å². The van der Waals surface area contributed by atoms with Gasteiger partial charge < -0.3 is 40.5 Å². The molecular formula is C22H26N3O10S-3. The number of carboxylic acids is 2. The van der Waals surface area contributed by atoms with E-state index in [-0.39, 0.29) is 42.8 Å². The predicted molar refractivity (Wildman–Crippen MR) is 121 cm³/mol. The molecule has 36 heavy (non-hydrogen) atoms. The van der Waals surface area contributed by atoms with Crippen LogP contribution in [0.5, 0.6) is 0 Å². The minimum absolute atomic E-state index is 0.136. The Kier molecular flexibility index (Phi) is 11.1. The summed E-state index contributed by atoms with van der Waals surface area (Å²) in [6.45, 7) is 3.17. The number of nitrogens with zero attached hydrogens (tertiary/aromatic N) is 1. The molecule has 0 spiro atoms. The maximum absolute atomic E-state index is 12.5. The first kappa shape index (κ1) is 29.1. The van der Waals surface area contributed by atoms with E-state index in [1.165, 1.54) is 11.0 Å². The number of unbranched alkanes of at least 4 members (excludes halogenated alkanes) is 1. The first-order chi connectivity index (χ1) is 17.1. The standard InChI is InChI=1S/C22H29N3O10S/c1-3-25(11-20(27)28)16(21(29)30)6-4-5-7-24-19(26)9-14-12(2)13-8-18(36-35-34-32)15(23)10-17(13)33-22(14)31/h8,10,16,32H,3-7,9,11,23H2,1-2H3,(H,24,26)(H,27,28)(H,29,30)/p-3. The highest BCUT2D eigenvalue weighted by Crippen LogP contribution is 2.32.